The molecule has 1 heterocycles. The number of rotatable bonds is 8. The number of H-pyrrole nitrogens is 1. The Balaban J connectivity index is 1.63. The van der Waals surface area contributed by atoms with Crippen LogP contribution in [-0.4, -0.2) is 9.88 Å². The van der Waals surface area contributed by atoms with Crippen LogP contribution in [0.5, 0.6) is 0 Å². The third kappa shape index (κ3) is 6.46. The van der Waals surface area contributed by atoms with Crippen molar-refractivity contribution in [3.8, 4) is 0 Å². The fourth-order valence-electron chi connectivity index (χ4n) is 4.49. The predicted molar refractivity (Wildman–Crippen MR) is 143 cm³/mol. The van der Waals surface area contributed by atoms with Gasteiger partial charge in [-0.15, -0.1) is 0 Å². The average Bonchev–Trinajstić information content (AvgIpc) is 2.81. The van der Waals surface area contributed by atoms with Crippen LogP contribution in [0.1, 0.15) is 61.9 Å². The number of aromatic nitrogens is 1. The van der Waals surface area contributed by atoms with E-state index in [1.54, 1.807) is 0 Å². The smallest absolute Gasteiger partial charge is 0.252 e. The maximum atomic E-state index is 13.5. The maximum Gasteiger partial charge on any atom is 0.252 e. The first-order valence-electron chi connectivity index (χ1n) is 12.4. The fraction of sp³-hybridized carbons (Fsp3) is 0.323. The van der Waals surface area contributed by atoms with Gasteiger partial charge in [-0.25, -0.2) is 4.39 Å². The molecule has 0 saturated heterocycles. The molecule has 0 spiro atoms. The van der Waals surface area contributed by atoms with Crippen molar-refractivity contribution in [3.05, 3.63) is 117 Å². The average molecular weight is 471 g/mol. The van der Waals surface area contributed by atoms with Gasteiger partial charge in [0.25, 0.3) is 5.56 Å². The van der Waals surface area contributed by atoms with Gasteiger partial charge >= 0.3 is 0 Å². The first kappa shape index (κ1) is 24.9. The highest BCUT2D eigenvalue weighted by Gasteiger charge is 2.15. The third-order valence-corrected chi connectivity index (χ3v) is 6.46. The monoisotopic (exact) mass is 470 g/mol. The minimum absolute atomic E-state index is 0.0621. The van der Waals surface area contributed by atoms with E-state index in [0.29, 0.717) is 19.6 Å². The Labute approximate surface area is 207 Å². The molecular formula is C31H35FN2O. The standard InChI is InChI=1S/C31H35FN2O/c1-5-6-22-11-16-29-25(17-22)18-26(30(35)33-29)21-34(20-24-9-14-28(32)15-10-24)19-23-7-12-27(13-8-23)31(2,3)4/h7-18H,5-6,19-21H2,1-4H3,(H,33,35). The number of benzene rings is 3. The van der Waals surface area contributed by atoms with Gasteiger partial charge in [0.2, 0.25) is 0 Å². The van der Waals surface area contributed by atoms with Crippen molar-refractivity contribution in [1.29, 1.82) is 0 Å². The van der Waals surface area contributed by atoms with E-state index in [1.165, 1.54) is 28.8 Å². The summed E-state index contributed by atoms with van der Waals surface area (Å²) >= 11 is 0. The molecule has 4 heteroatoms. The van der Waals surface area contributed by atoms with E-state index in [2.05, 4.69) is 74.0 Å². The predicted octanol–water partition coefficient (Wildman–Crippen LogP) is 7.12. The number of hydrogen-bond acceptors (Lipinski definition) is 2. The van der Waals surface area contributed by atoms with Gasteiger partial charge in [0.15, 0.2) is 0 Å². The molecule has 182 valence electrons. The van der Waals surface area contributed by atoms with Crippen LogP contribution in [0, 0.1) is 5.82 Å². The number of hydrogen-bond donors (Lipinski definition) is 1. The number of pyridine rings is 1. The van der Waals surface area contributed by atoms with Crippen molar-refractivity contribution in [2.75, 3.05) is 0 Å². The van der Waals surface area contributed by atoms with Crippen molar-refractivity contribution in [1.82, 2.24) is 9.88 Å². The molecule has 0 atom stereocenters. The first-order chi connectivity index (χ1) is 16.7. The number of halogens is 1. The van der Waals surface area contributed by atoms with Crippen LogP contribution in [0.4, 0.5) is 4.39 Å². The van der Waals surface area contributed by atoms with Gasteiger partial charge < -0.3 is 4.98 Å². The van der Waals surface area contributed by atoms with Crippen LogP contribution in [0.3, 0.4) is 0 Å². The first-order valence-corrected chi connectivity index (χ1v) is 12.4. The lowest BCUT2D eigenvalue weighted by molar-refractivity contribution is 0.246. The van der Waals surface area contributed by atoms with Gasteiger partial charge in [0.05, 0.1) is 0 Å². The summed E-state index contributed by atoms with van der Waals surface area (Å²) in [5.41, 5.74) is 6.40. The molecule has 0 unspecified atom stereocenters. The summed E-state index contributed by atoms with van der Waals surface area (Å²) in [4.78, 5) is 18.3. The summed E-state index contributed by atoms with van der Waals surface area (Å²) in [6.07, 6.45) is 2.10. The highest BCUT2D eigenvalue weighted by molar-refractivity contribution is 5.79. The SMILES string of the molecule is CCCc1ccc2[nH]c(=O)c(CN(Cc3ccc(F)cc3)Cc3ccc(C(C)(C)C)cc3)cc2c1. The van der Waals surface area contributed by atoms with E-state index in [4.69, 9.17) is 0 Å². The molecule has 0 radical (unpaired) electrons. The van der Waals surface area contributed by atoms with Gasteiger partial charge in [-0.05, 0) is 69.8 Å². The Bertz CT molecular complexity index is 1330. The van der Waals surface area contributed by atoms with Crippen molar-refractivity contribution in [2.24, 2.45) is 0 Å². The highest BCUT2D eigenvalue weighted by atomic mass is 19.1. The second kappa shape index (κ2) is 10.6. The lowest BCUT2D eigenvalue weighted by atomic mass is 9.87. The summed E-state index contributed by atoms with van der Waals surface area (Å²) < 4.78 is 13.5. The number of fused-ring (bicyclic) bond motifs is 1. The van der Waals surface area contributed by atoms with E-state index in [9.17, 15) is 9.18 Å². The lowest BCUT2D eigenvalue weighted by Gasteiger charge is -2.24. The van der Waals surface area contributed by atoms with E-state index < -0.39 is 0 Å². The molecule has 0 aliphatic carbocycles. The molecule has 35 heavy (non-hydrogen) atoms. The molecule has 3 aromatic carbocycles. The molecule has 0 aliphatic rings. The van der Waals surface area contributed by atoms with Crippen LogP contribution >= 0.6 is 0 Å². The van der Waals surface area contributed by atoms with Gasteiger partial charge in [-0.1, -0.05) is 76.6 Å². The molecule has 4 aromatic rings. The highest BCUT2D eigenvalue weighted by Crippen LogP contribution is 2.23. The van der Waals surface area contributed by atoms with Crippen LogP contribution in [0.15, 0.2) is 77.6 Å². The summed E-state index contributed by atoms with van der Waals surface area (Å²) in [5, 5.41) is 1.06. The minimum atomic E-state index is -0.244. The minimum Gasteiger partial charge on any atom is -0.322 e. The Morgan fingerprint density at radius 3 is 2.00 bits per heavy atom. The Hall–Kier alpha value is -3.24. The van der Waals surface area contributed by atoms with Crippen molar-refractivity contribution in [3.63, 3.8) is 0 Å². The summed E-state index contributed by atoms with van der Waals surface area (Å²) in [7, 11) is 0. The Kier molecular flexibility index (Phi) is 7.51. The molecule has 0 saturated carbocycles. The van der Waals surface area contributed by atoms with Crippen LogP contribution in [0.25, 0.3) is 10.9 Å². The van der Waals surface area contributed by atoms with Gasteiger partial charge in [0.1, 0.15) is 5.82 Å². The summed E-state index contributed by atoms with van der Waals surface area (Å²) in [5.74, 6) is -0.244. The molecule has 1 aromatic heterocycles. The normalized spacial score (nSPS) is 11.9. The topological polar surface area (TPSA) is 36.1 Å². The van der Waals surface area contributed by atoms with E-state index in [0.717, 1.165) is 34.9 Å². The van der Waals surface area contributed by atoms with E-state index in [1.807, 2.05) is 24.3 Å². The summed E-state index contributed by atoms with van der Waals surface area (Å²) in [6.45, 7) is 10.6. The zero-order chi connectivity index (χ0) is 25.0. The molecule has 3 nitrogen and oxygen atoms in total. The summed E-state index contributed by atoms with van der Waals surface area (Å²) in [6, 6.07) is 23.6. The van der Waals surface area contributed by atoms with Gasteiger partial charge in [-0.2, -0.15) is 0 Å². The quantitative estimate of drug-likeness (QED) is 0.298. The number of nitrogens with zero attached hydrogens (tertiary/aromatic N) is 1. The maximum absolute atomic E-state index is 13.5. The Morgan fingerprint density at radius 1 is 0.800 bits per heavy atom. The number of aryl methyl sites for hydroxylation is 1. The second-order valence-electron chi connectivity index (χ2n) is 10.5. The number of aromatic amines is 1. The number of nitrogens with one attached hydrogen (secondary N) is 1. The van der Waals surface area contributed by atoms with Gasteiger partial charge in [-0.3, -0.25) is 9.69 Å². The fourth-order valence-corrected chi connectivity index (χ4v) is 4.49. The zero-order valence-corrected chi connectivity index (χ0v) is 21.2. The molecular weight excluding hydrogens is 435 g/mol. The largest absolute Gasteiger partial charge is 0.322 e. The zero-order valence-electron chi connectivity index (χ0n) is 21.2. The molecule has 0 bridgehead atoms. The third-order valence-electron chi connectivity index (χ3n) is 6.46. The van der Waals surface area contributed by atoms with Crippen LogP contribution < -0.4 is 5.56 Å². The molecule has 1 N–H and O–H groups in total. The van der Waals surface area contributed by atoms with Crippen LogP contribution in [0.2, 0.25) is 0 Å². The molecule has 0 aliphatic heterocycles. The molecule has 0 amide bonds. The molecule has 4 rings (SSSR count). The second-order valence-corrected chi connectivity index (χ2v) is 10.5. The van der Waals surface area contributed by atoms with E-state index >= 15 is 0 Å². The van der Waals surface area contributed by atoms with E-state index in [-0.39, 0.29) is 16.8 Å². The van der Waals surface area contributed by atoms with Gasteiger partial charge in [0, 0.05) is 30.7 Å². The van der Waals surface area contributed by atoms with Crippen molar-refractivity contribution in [2.45, 2.75) is 65.6 Å². The van der Waals surface area contributed by atoms with Crippen LogP contribution in [-0.2, 0) is 31.5 Å². The van der Waals surface area contributed by atoms with Crippen molar-refractivity contribution >= 4 is 10.9 Å². The van der Waals surface area contributed by atoms with Crippen molar-refractivity contribution < 1.29 is 4.39 Å². The molecule has 0 fully saturated rings. The lowest BCUT2D eigenvalue weighted by Crippen LogP contribution is -2.26. The Morgan fingerprint density at radius 2 is 1.40 bits per heavy atom.